The van der Waals surface area contributed by atoms with E-state index in [-0.39, 0.29) is 11.7 Å². The van der Waals surface area contributed by atoms with E-state index in [0.717, 1.165) is 6.42 Å². The fourth-order valence-corrected chi connectivity index (χ4v) is 1.74. The van der Waals surface area contributed by atoms with Gasteiger partial charge in [-0.05, 0) is 18.4 Å². The van der Waals surface area contributed by atoms with Gasteiger partial charge in [-0.2, -0.15) is 0 Å². The molecule has 1 unspecified atom stereocenters. The molecule has 0 radical (unpaired) electrons. The molecule has 0 aliphatic rings. The summed E-state index contributed by atoms with van der Waals surface area (Å²) in [4.78, 5) is 11.4. The fourth-order valence-electron chi connectivity index (χ4n) is 1.74. The third-order valence-corrected chi connectivity index (χ3v) is 2.55. The highest BCUT2D eigenvalue weighted by molar-refractivity contribution is 4.93. The number of nitrogens with zero attached hydrogens (tertiary/aromatic N) is 1. The Morgan fingerprint density at radius 3 is 2.82 bits per heavy atom. The lowest BCUT2D eigenvalue weighted by Gasteiger charge is -2.14. The predicted molar refractivity (Wildman–Crippen MR) is 69.0 cm³/mol. The van der Waals surface area contributed by atoms with Gasteiger partial charge in [0, 0.05) is 31.9 Å². The molecule has 0 aromatic carbocycles. The summed E-state index contributed by atoms with van der Waals surface area (Å²) in [6.45, 7) is 6.09. The smallest absolute Gasteiger partial charge is 0.250 e. The van der Waals surface area contributed by atoms with Crippen molar-refractivity contribution in [2.45, 2.75) is 32.9 Å². The van der Waals surface area contributed by atoms with Crippen LogP contribution in [-0.2, 0) is 6.54 Å². The summed E-state index contributed by atoms with van der Waals surface area (Å²) in [7, 11) is 0. The number of aliphatic hydroxyl groups is 1. The van der Waals surface area contributed by atoms with Crippen molar-refractivity contribution >= 4 is 0 Å². The van der Waals surface area contributed by atoms with E-state index >= 15 is 0 Å². The van der Waals surface area contributed by atoms with Crippen molar-refractivity contribution in [1.29, 1.82) is 0 Å². The lowest BCUT2D eigenvalue weighted by Crippen LogP contribution is -2.32. The van der Waals surface area contributed by atoms with E-state index in [1.807, 2.05) is 6.07 Å². The standard InChI is InChI=1S/C13H22N2O2/c1-11(2)9-12(16)10-14-6-8-15-7-4-3-5-13(15)17/h3-5,7,11-12,14,16H,6,8-10H2,1-2H3. The van der Waals surface area contributed by atoms with Gasteiger partial charge in [0.15, 0.2) is 0 Å². The van der Waals surface area contributed by atoms with Crippen LogP contribution in [0.3, 0.4) is 0 Å². The molecule has 96 valence electrons. The Balaban J connectivity index is 2.21. The zero-order chi connectivity index (χ0) is 12.7. The number of pyridine rings is 1. The molecular formula is C13H22N2O2. The molecule has 0 amide bonds. The van der Waals surface area contributed by atoms with Crippen LogP contribution < -0.4 is 10.9 Å². The lowest BCUT2D eigenvalue weighted by molar-refractivity contribution is 0.146. The molecule has 0 bridgehead atoms. The number of rotatable bonds is 7. The summed E-state index contributed by atoms with van der Waals surface area (Å²) in [5.74, 6) is 0.503. The van der Waals surface area contributed by atoms with E-state index in [1.165, 1.54) is 0 Å². The minimum Gasteiger partial charge on any atom is -0.392 e. The van der Waals surface area contributed by atoms with Gasteiger partial charge in [-0.1, -0.05) is 19.9 Å². The summed E-state index contributed by atoms with van der Waals surface area (Å²) in [6.07, 6.45) is 2.27. The molecular weight excluding hydrogens is 216 g/mol. The molecule has 0 fully saturated rings. The van der Waals surface area contributed by atoms with Crippen LogP contribution in [0.5, 0.6) is 0 Å². The van der Waals surface area contributed by atoms with Gasteiger partial charge in [0.05, 0.1) is 6.10 Å². The second kappa shape index (κ2) is 7.25. The molecule has 4 heteroatoms. The largest absolute Gasteiger partial charge is 0.392 e. The highest BCUT2D eigenvalue weighted by atomic mass is 16.3. The van der Waals surface area contributed by atoms with Crippen LogP contribution in [-0.4, -0.2) is 28.9 Å². The molecule has 4 nitrogen and oxygen atoms in total. The average molecular weight is 238 g/mol. The highest BCUT2D eigenvalue weighted by Crippen LogP contribution is 2.02. The van der Waals surface area contributed by atoms with Crippen molar-refractivity contribution < 1.29 is 5.11 Å². The topological polar surface area (TPSA) is 54.3 Å². The van der Waals surface area contributed by atoms with Gasteiger partial charge in [0.25, 0.3) is 5.56 Å². The Labute approximate surface area is 102 Å². The first-order valence-corrected chi connectivity index (χ1v) is 6.14. The molecule has 0 spiro atoms. The molecule has 0 aliphatic carbocycles. The average Bonchev–Trinajstić information content (AvgIpc) is 2.25. The second-order valence-electron chi connectivity index (χ2n) is 4.72. The summed E-state index contributed by atoms with van der Waals surface area (Å²) in [5, 5.41) is 12.8. The lowest BCUT2D eigenvalue weighted by atomic mass is 10.1. The molecule has 2 N–H and O–H groups in total. The Hall–Kier alpha value is -1.13. The van der Waals surface area contributed by atoms with Gasteiger partial charge in [0.1, 0.15) is 0 Å². The van der Waals surface area contributed by atoms with Gasteiger partial charge >= 0.3 is 0 Å². The second-order valence-corrected chi connectivity index (χ2v) is 4.72. The van der Waals surface area contributed by atoms with Crippen LogP contribution >= 0.6 is 0 Å². The van der Waals surface area contributed by atoms with Crippen molar-refractivity contribution in [3.63, 3.8) is 0 Å². The first-order chi connectivity index (χ1) is 8.09. The van der Waals surface area contributed by atoms with Crippen molar-refractivity contribution in [2.24, 2.45) is 5.92 Å². The zero-order valence-corrected chi connectivity index (χ0v) is 10.6. The summed E-state index contributed by atoms with van der Waals surface area (Å²) >= 11 is 0. The third kappa shape index (κ3) is 5.65. The molecule has 1 aromatic rings. The van der Waals surface area contributed by atoms with E-state index in [2.05, 4.69) is 19.2 Å². The normalized spacial score (nSPS) is 12.9. The molecule has 1 atom stereocenters. The van der Waals surface area contributed by atoms with Crippen LogP contribution in [0.1, 0.15) is 20.3 Å². The predicted octanol–water partition coefficient (Wildman–Crippen LogP) is 0.845. The molecule has 17 heavy (non-hydrogen) atoms. The monoisotopic (exact) mass is 238 g/mol. The number of hydrogen-bond acceptors (Lipinski definition) is 3. The fraction of sp³-hybridized carbons (Fsp3) is 0.615. The maximum atomic E-state index is 11.4. The van der Waals surface area contributed by atoms with Gasteiger partial charge in [-0.3, -0.25) is 4.79 Å². The van der Waals surface area contributed by atoms with Crippen LogP contribution in [0.4, 0.5) is 0 Å². The Morgan fingerprint density at radius 2 is 2.18 bits per heavy atom. The SMILES string of the molecule is CC(C)CC(O)CNCCn1ccccc1=O. The Kier molecular flexibility index (Phi) is 5.94. The van der Waals surface area contributed by atoms with E-state index in [9.17, 15) is 9.90 Å². The molecule has 1 rings (SSSR count). The number of nitrogens with one attached hydrogen (secondary N) is 1. The minimum atomic E-state index is -0.303. The summed E-state index contributed by atoms with van der Waals surface area (Å²) in [5.41, 5.74) is 0.0111. The van der Waals surface area contributed by atoms with E-state index in [4.69, 9.17) is 0 Å². The summed E-state index contributed by atoms with van der Waals surface area (Å²) < 4.78 is 1.65. The van der Waals surface area contributed by atoms with Crippen molar-refractivity contribution in [3.8, 4) is 0 Å². The van der Waals surface area contributed by atoms with Gasteiger partial charge in [0.2, 0.25) is 0 Å². The van der Waals surface area contributed by atoms with Crippen LogP contribution in [0, 0.1) is 5.92 Å². The van der Waals surface area contributed by atoms with E-state index in [0.29, 0.717) is 25.6 Å². The van der Waals surface area contributed by atoms with E-state index < -0.39 is 0 Å². The van der Waals surface area contributed by atoms with Crippen LogP contribution in [0.25, 0.3) is 0 Å². The van der Waals surface area contributed by atoms with Gasteiger partial charge < -0.3 is 15.0 Å². The van der Waals surface area contributed by atoms with Gasteiger partial charge in [-0.25, -0.2) is 0 Å². The van der Waals surface area contributed by atoms with Gasteiger partial charge in [-0.15, -0.1) is 0 Å². The molecule has 1 heterocycles. The zero-order valence-electron chi connectivity index (χ0n) is 10.6. The first kappa shape index (κ1) is 13.9. The van der Waals surface area contributed by atoms with Crippen molar-refractivity contribution in [3.05, 3.63) is 34.7 Å². The molecule has 1 aromatic heterocycles. The van der Waals surface area contributed by atoms with Crippen molar-refractivity contribution in [2.75, 3.05) is 13.1 Å². The number of aliphatic hydroxyl groups excluding tert-OH is 1. The quantitative estimate of drug-likeness (QED) is 0.692. The van der Waals surface area contributed by atoms with Crippen molar-refractivity contribution in [1.82, 2.24) is 9.88 Å². The molecule has 0 aliphatic heterocycles. The maximum Gasteiger partial charge on any atom is 0.250 e. The maximum absolute atomic E-state index is 11.4. The third-order valence-electron chi connectivity index (χ3n) is 2.55. The molecule has 0 saturated heterocycles. The van der Waals surface area contributed by atoms with E-state index in [1.54, 1.807) is 22.9 Å². The first-order valence-electron chi connectivity index (χ1n) is 6.14. The Bertz CT molecular complexity index is 374. The highest BCUT2D eigenvalue weighted by Gasteiger charge is 2.05. The van der Waals surface area contributed by atoms with Crippen LogP contribution in [0.15, 0.2) is 29.2 Å². The Morgan fingerprint density at radius 1 is 1.41 bits per heavy atom. The molecule has 0 saturated carbocycles. The number of hydrogen-bond donors (Lipinski definition) is 2. The minimum absolute atomic E-state index is 0.0111. The number of aromatic nitrogens is 1. The summed E-state index contributed by atoms with van der Waals surface area (Å²) in [6, 6.07) is 5.13. The van der Waals surface area contributed by atoms with Crippen LogP contribution in [0.2, 0.25) is 0 Å².